The molecule has 24 heavy (non-hydrogen) atoms. The summed E-state index contributed by atoms with van der Waals surface area (Å²) in [7, 11) is 0. The summed E-state index contributed by atoms with van der Waals surface area (Å²) in [4.78, 5) is 7.23. The third kappa shape index (κ3) is 3.04. The number of para-hydroxylation sites is 1. The first kappa shape index (κ1) is 15.6. The molecular formula is C19H20ClN3O. The summed E-state index contributed by atoms with van der Waals surface area (Å²) in [5, 5.41) is 6.02. The SMILES string of the molecule is Cc1cc(C2CCCCN2Cc2ccc3cccc(Cl)c3n2)no1. The van der Waals surface area contributed by atoms with E-state index in [2.05, 4.69) is 22.2 Å². The van der Waals surface area contributed by atoms with Crippen LogP contribution in [0.5, 0.6) is 0 Å². The van der Waals surface area contributed by atoms with Gasteiger partial charge in [-0.15, -0.1) is 0 Å². The molecular weight excluding hydrogens is 322 g/mol. The Bertz CT molecular complexity index is 861. The maximum absolute atomic E-state index is 6.30. The molecule has 1 atom stereocenters. The Morgan fingerprint density at radius 1 is 1.25 bits per heavy atom. The summed E-state index contributed by atoms with van der Waals surface area (Å²) < 4.78 is 5.28. The van der Waals surface area contributed by atoms with Gasteiger partial charge in [0.25, 0.3) is 0 Å². The van der Waals surface area contributed by atoms with Crippen LogP contribution in [0, 0.1) is 6.92 Å². The monoisotopic (exact) mass is 341 g/mol. The summed E-state index contributed by atoms with van der Waals surface area (Å²) in [5.74, 6) is 0.867. The summed E-state index contributed by atoms with van der Waals surface area (Å²) in [5.41, 5.74) is 2.95. The highest BCUT2D eigenvalue weighted by Gasteiger charge is 2.26. The van der Waals surface area contributed by atoms with Crippen molar-refractivity contribution in [3.05, 3.63) is 58.6 Å². The standard InChI is InChI=1S/C19H20ClN3O/c1-13-11-17(22-24-13)18-7-2-3-10-23(18)12-15-9-8-14-5-4-6-16(20)19(14)21-15/h4-6,8-9,11,18H,2-3,7,10,12H2,1H3. The molecule has 1 unspecified atom stereocenters. The molecule has 0 aliphatic carbocycles. The molecule has 2 aromatic heterocycles. The van der Waals surface area contributed by atoms with Crippen LogP contribution in [-0.2, 0) is 6.54 Å². The molecule has 1 aliphatic heterocycles. The molecule has 124 valence electrons. The second kappa shape index (κ2) is 6.54. The number of pyridine rings is 1. The van der Waals surface area contributed by atoms with E-state index in [0.717, 1.165) is 47.6 Å². The van der Waals surface area contributed by atoms with Crippen molar-refractivity contribution in [3.63, 3.8) is 0 Å². The fourth-order valence-corrected chi connectivity index (χ4v) is 3.73. The number of nitrogens with zero attached hydrogens (tertiary/aromatic N) is 3. The van der Waals surface area contributed by atoms with Gasteiger partial charge in [-0.25, -0.2) is 4.98 Å². The lowest BCUT2D eigenvalue weighted by Gasteiger charge is -2.34. The molecule has 5 heteroatoms. The van der Waals surface area contributed by atoms with Crippen LogP contribution < -0.4 is 0 Å². The minimum atomic E-state index is 0.306. The Labute approximate surface area is 146 Å². The van der Waals surface area contributed by atoms with Crippen molar-refractivity contribution in [2.24, 2.45) is 0 Å². The fraction of sp³-hybridized carbons (Fsp3) is 0.368. The van der Waals surface area contributed by atoms with Gasteiger partial charge in [0, 0.05) is 18.0 Å². The van der Waals surface area contributed by atoms with Crippen molar-refractivity contribution in [3.8, 4) is 0 Å². The first-order valence-corrected chi connectivity index (χ1v) is 8.80. The van der Waals surface area contributed by atoms with Crippen molar-refractivity contribution < 1.29 is 4.52 Å². The predicted octanol–water partition coefficient (Wildman–Crippen LogP) is 4.91. The summed E-state index contributed by atoms with van der Waals surface area (Å²) >= 11 is 6.30. The highest BCUT2D eigenvalue weighted by atomic mass is 35.5. The zero-order valence-electron chi connectivity index (χ0n) is 13.7. The van der Waals surface area contributed by atoms with Gasteiger partial charge in [0.1, 0.15) is 11.5 Å². The Hall–Kier alpha value is -1.91. The van der Waals surface area contributed by atoms with E-state index >= 15 is 0 Å². The van der Waals surface area contributed by atoms with Crippen LogP contribution in [0.3, 0.4) is 0 Å². The van der Waals surface area contributed by atoms with E-state index in [9.17, 15) is 0 Å². The second-order valence-electron chi connectivity index (χ2n) is 6.46. The van der Waals surface area contributed by atoms with Crippen LogP contribution in [0.15, 0.2) is 40.9 Å². The molecule has 0 saturated carbocycles. The van der Waals surface area contributed by atoms with Gasteiger partial charge in [0.05, 0.1) is 22.3 Å². The maximum Gasteiger partial charge on any atom is 0.133 e. The van der Waals surface area contributed by atoms with Gasteiger partial charge in [0.2, 0.25) is 0 Å². The number of hydrogen-bond donors (Lipinski definition) is 0. The number of aromatic nitrogens is 2. The number of piperidine rings is 1. The van der Waals surface area contributed by atoms with Crippen LogP contribution >= 0.6 is 11.6 Å². The predicted molar refractivity (Wildman–Crippen MR) is 95.0 cm³/mol. The Kier molecular flexibility index (Phi) is 4.25. The van der Waals surface area contributed by atoms with Gasteiger partial charge in [-0.05, 0) is 38.4 Å². The number of halogens is 1. The highest BCUT2D eigenvalue weighted by molar-refractivity contribution is 6.35. The number of rotatable bonds is 3. The molecule has 0 N–H and O–H groups in total. The van der Waals surface area contributed by atoms with Gasteiger partial charge >= 0.3 is 0 Å². The van der Waals surface area contributed by atoms with Gasteiger partial charge in [-0.1, -0.05) is 41.4 Å². The average Bonchev–Trinajstić information content (AvgIpc) is 3.02. The van der Waals surface area contributed by atoms with Gasteiger partial charge in [-0.3, -0.25) is 4.90 Å². The van der Waals surface area contributed by atoms with Gasteiger partial charge in [0.15, 0.2) is 0 Å². The summed E-state index contributed by atoms with van der Waals surface area (Å²) in [6, 6.07) is 12.4. The zero-order chi connectivity index (χ0) is 16.5. The fourth-order valence-electron chi connectivity index (χ4n) is 3.51. The average molecular weight is 342 g/mol. The Morgan fingerprint density at radius 3 is 3.00 bits per heavy atom. The Balaban J connectivity index is 1.61. The number of aryl methyl sites for hydroxylation is 1. The van der Waals surface area contributed by atoms with E-state index < -0.39 is 0 Å². The van der Waals surface area contributed by atoms with Crippen LogP contribution in [-0.4, -0.2) is 21.6 Å². The number of fused-ring (bicyclic) bond motifs is 1. The molecule has 4 nitrogen and oxygen atoms in total. The molecule has 0 spiro atoms. The van der Waals surface area contributed by atoms with Crippen LogP contribution in [0.2, 0.25) is 5.02 Å². The van der Waals surface area contributed by atoms with Crippen molar-refractivity contribution in [2.45, 2.75) is 38.8 Å². The maximum atomic E-state index is 6.30. The number of likely N-dealkylation sites (tertiary alicyclic amines) is 1. The Morgan fingerprint density at radius 2 is 2.17 bits per heavy atom. The molecule has 1 saturated heterocycles. The smallest absolute Gasteiger partial charge is 0.133 e. The molecule has 1 aromatic carbocycles. The van der Waals surface area contributed by atoms with E-state index in [0.29, 0.717) is 11.1 Å². The topological polar surface area (TPSA) is 42.2 Å². The molecule has 0 amide bonds. The lowest BCUT2D eigenvalue weighted by molar-refractivity contribution is 0.132. The molecule has 1 fully saturated rings. The zero-order valence-corrected chi connectivity index (χ0v) is 14.5. The van der Waals surface area contributed by atoms with Crippen molar-refractivity contribution in [1.82, 2.24) is 15.0 Å². The van der Waals surface area contributed by atoms with Crippen molar-refractivity contribution in [1.29, 1.82) is 0 Å². The van der Waals surface area contributed by atoms with E-state index in [1.165, 1.54) is 12.8 Å². The number of hydrogen-bond acceptors (Lipinski definition) is 4. The first-order valence-electron chi connectivity index (χ1n) is 8.42. The molecule has 3 aromatic rings. The summed E-state index contributed by atoms with van der Waals surface area (Å²) in [6.07, 6.45) is 3.55. The van der Waals surface area contributed by atoms with Crippen LogP contribution in [0.25, 0.3) is 10.9 Å². The minimum Gasteiger partial charge on any atom is -0.361 e. The minimum absolute atomic E-state index is 0.306. The second-order valence-corrected chi connectivity index (χ2v) is 6.87. The molecule has 0 bridgehead atoms. The lowest BCUT2D eigenvalue weighted by Crippen LogP contribution is -2.33. The van der Waals surface area contributed by atoms with E-state index in [1.807, 2.05) is 31.2 Å². The van der Waals surface area contributed by atoms with Gasteiger partial charge < -0.3 is 4.52 Å². The summed E-state index contributed by atoms with van der Waals surface area (Å²) in [6.45, 7) is 3.80. The first-order chi connectivity index (χ1) is 11.7. The van der Waals surface area contributed by atoms with E-state index in [1.54, 1.807) is 0 Å². The van der Waals surface area contributed by atoms with Crippen molar-refractivity contribution in [2.75, 3.05) is 6.54 Å². The lowest BCUT2D eigenvalue weighted by atomic mass is 9.99. The quantitative estimate of drug-likeness (QED) is 0.678. The third-order valence-electron chi connectivity index (χ3n) is 4.70. The van der Waals surface area contributed by atoms with Crippen LogP contribution in [0.1, 0.15) is 42.5 Å². The molecule has 3 heterocycles. The van der Waals surface area contributed by atoms with Gasteiger partial charge in [-0.2, -0.15) is 0 Å². The molecule has 4 rings (SSSR count). The van der Waals surface area contributed by atoms with E-state index in [4.69, 9.17) is 21.1 Å². The van der Waals surface area contributed by atoms with E-state index in [-0.39, 0.29) is 0 Å². The highest BCUT2D eigenvalue weighted by Crippen LogP contribution is 2.32. The normalized spacial score (nSPS) is 19.0. The molecule has 1 aliphatic rings. The van der Waals surface area contributed by atoms with Crippen molar-refractivity contribution >= 4 is 22.5 Å². The third-order valence-corrected chi connectivity index (χ3v) is 5.00. The van der Waals surface area contributed by atoms with Crippen LogP contribution in [0.4, 0.5) is 0 Å². The molecule has 0 radical (unpaired) electrons. The largest absolute Gasteiger partial charge is 0.361 e. The number of benzene rings is 1.